The first-order chi connectivity index (χ1) is 12.8. The Morgan fingerprint density at radius 1 is 1.11 bits per heavy atom. The number of hydrogen-bond acceptors (Lipinski definition) is 5. The van der Waals surface area contributed by atoms with Crippen LogP contribution in [-0.2, 0) is 4.79 Å². The van der Waals surface area contributed by atoms with Crippen molar-refractivity contribution >= 4 is 46.3 Å². The molecule has 0 bridgehead atoms. The highest BCUT2D eigenvalue weighted by Crippen LogP contribution is 2.31. The van der Waals surface area contributed by atoms with E-state index in [1.807, 2.05) is 0 Å². The smallest absolute Gasteiger partial charge is 0.224 e. The third-order valence-corrected chi connectivity index (χ3v) is 4.36. The lowest BCUT2D eigenvalue weighted by atomic mass is 10.1. The number of nitrogens with two attached hydrogens (primary N) is 1. The summed E-state index contributed by atoms with van der Waals surface area (Å²) in [6.07, 6.45) is 0.730. The van der Waals surface area contributed by atoms with E-state index < -0.39 is 0 Å². The molecule has 0 aliphatic rings. The summed E-state index contributed by atoms with van der Waals surface area (Å²) in [6.45, 7) is 1.79. The van der Waals surface area contributed by atoms with Gasteiger partial charge < -0.3 is 20.5 Å². The lowest BCUT2D eigenvalue weighted by Gasteiger charge is -2.12. The van der Waals surface area contributed by atoms with Crippen molar-refractivity contribution in [1.29, 1.82) is 0 Å². The van der Waals surface area contributed by atoms with E-state index in [0.29, 0.717) is 35.8 Å². The largest absolute Gasteiger partial charge is 0.493 e. The second kappa shape index (κ2) is 9.48. The van der Waals surface area contributed by atoms with E-state index in [2.05, 4.69) is 5.32 Å². The lowest BCUT2D eigenvalue weighted by Crippen LogP contribution is -2.13. The topological polar surface area (TPSA) is 90.6 Å². The molecule has 0 heterocycles. The molecule has 3 N–H and O–H groups in total. The standard InChI is InChI=1S/C19H20Cl2N2O4/c1-11(24)12-5-6-16(17(8-12)26-2)27-7-3-4-18(25)23-13-9-14(20)19(22)15(21)10-13/h5-6,8-10H,3-4,7,22H2,1-2H3,(H,23,25). The molecular weight excluding hydrogens is 391 g/mol. The summed E-state index contributed by atoms with van der Waals surface area (Å²) >= 11 is 11.9. The summed E-state index contributed by atoms with van der Waals surface area (Å²) in [5.41, 5.74) is 6.95. The number of nitrogen functional groups attached to an aromatic ring is 1. The van der Waals surface area contributed by atoms with Crippen molar-refractivity contribution in [3.05, 3.63) is 45.9 Å². The zero-order valence-corrected chi connectivity index (χ0v) is 16.5. The Balaban J connectivity index is 1.84. The van der Waals surface area contributed by atoms with Crippen LogP contribution in [0, 0.1) is 0 Å². The number of carbonyl (C=O) groups excluding carboxylic acids is 2. The first-order valence-corrected chi connectivity index (χ1v) is 8.93. The van der Waals surface area contributed by atoms with E-state index in [4.69, 9.17) is 38.4 Å². The van der Waals surface area contributed by atoms with E-state index >= 15 is 0 Å². The molecule has 8 heteroatoms. The first-order valence-electron chi connectivity index (χ1n) is 8.18. The summed E-state index contributed by atoms with van der Waals surface area (Å²) in [5.74, 6) is 0.729. The number of rotatable bonds is 8. The maximum Gasteiger partial charge on any atom is 0.224 e. The number of carbonyl (C=O) groups is 2. The Labute approximate surface area is 167 Å². The van der Waals surface area contributed by atoms with Crippen LogP contribution in [0.25, 0.3) is 0 Å². The number of anilines is 2. The summed E-state index contributed by atoms with van der Waals surface area (Å²) in [6, 6.07) is 8.05. The highest BCUT2D eigenvalue weighted by Gasteiger charge is 2.10. The van der Waals surface area contributed by atoms with Crippen molar-refractivity contribution in [1.82, 2.24) is 0 Å². The minimum Gasteiger partial charge on any atom is -0.493 e. The minimum absolute atomic E-state index is 0.0561. The molecule has 0 radical (unpaired) electrons. The van der Waals surface area contributed by atoms with Crippen molar-refractivity contribution in [2.45, 2.75) is 19.8 Å². The van der Waals surface area contributed by atoms with Crippen molar-refractivity contribution < 1.29 is 19.1 Å². The average molecular weight is 411 g/mol. The number of ketones is 1. The summed E-state index contributed by atoms with van der Waals surface area (Å²) < 4.78 is 10.9. The summed E-state index contributed by atoms with van der Waals surface area (Å²) in [4.78, 5) is 23.4. The average Bonchev–Trinajstić information content (AvgIpc) is 2.63. The van der Waals surface area contributed by atoms with Crippen LogP contribution in [0.4, 0.5) is 11.4 Å². The van der Waals surface area contributed by atoms with Crippen molar-refractivity contribution in [2.75, 3.05) is 24.8 Å². The van der Waals surface area contributed by atoms with Crippen LogP contribution in [0.3, 0.4) is 0 Å². The van der Waals surface area contributed by atoms with Gasteiger partial charge in [0.1, 0.15) is 0 Å². The van der Waals surface area contributed by atoms with E-state index in [9.17, 15) is 9.59 Å². The molecule has 2 aromatic rings. The van der Waals surface area contributed by atoms with E-state index in [1.54, 1.807) is 30.3 Å². The molecule has 0 aliphatic carbocycles. The first kappa shape index (κ1) is 20.9. The SMILES string of the molecule is COc1cc(C(C)=O)ccc1OCCCC(=O)Nc1cc(Cl)c(N)c(Cl)c1. The molecule has 0 saturated heterocycles. The summed E-state index contributed by atoms with van der Waals surface area (Å²) in [5, 5.41) is 3.27. The molecule has 144 valence electrons. The van der Waals surface area contributed by atoms with Crippen molar-refractivity contribution in [2.24, 2.45) is 0 Å². The van der Waals surface area contributed by atoms with Gasteiger partial charge in [0.25, 0.3) is 0 Å². The monoisotopic (exact) mass is 410 g/mol. The number of nitrogens with one attached hydrogen (secondary N) is 1. The molecule has 0 aliphatic heterocycles. The molecule has 6 nitrogen and oxygen atoms in total. The van der Waals surface area contributed by atoms with Gasteiger partial charge >= 0.3 is 0 Å². The Kier molecular flexibility index (Phi) is 7.33. The van der Waals surface area contributed by atoms with Gasteiger partial charge in [-0.25, -0.2) is 0 Å². The van der Waals surface area contributed by atoms with E-state index in [-0.39, 0.29) is 33.8 Å². The number of benzene rings is 2. The third-order valence-electron chi connectivity index (χ3n) is 3.74. The fourth-order valence-corrected chi connectivity index (χ4v) is 2.79. The van der Waals surface area contributed by atoms with Crippen molar-refractivity contribution in [3.63, 3.8) is 0 Å². The van der Waals surface area contributed by atoms with Crippen molar-refractivity contribution in [3.8, 4) is 11.5 Å². The van der Waals surface area contributed by atoms with Gasteiger partial charge in [-0.05, 0) is 43.7 Å². The number of ether oxygens (including phenoxy) is 2. The minimum atomic E-state index is -0.200. The molecule has 0 aromatic heterocycles. The fraction of sp³-hybridized carbons (Fsp3) is 0.263. The molecule has 27 heavy (non-hydrogen) atoms. The molecule has 1 amide bonds. The fourth-order valence-electron chi connectivity index (χ4n) is 2.30. The molecule has 0 spiro atoms. The summed E-state index contributed by atoms with van der Waals surface area (Å²) in [7, 11) is 1.50. The Morgan fingerprint density at radius 3 is 2.37 bits per heavy atom. The zero-order valence-electron chi connectivity index (χ0n) is 15.0. The number of amides is 1. The zero-order chi connectivity index (χ0) is 20.0. The Hall–Kier alpha value is -2.44. The lowest BCUT2D eigenvalue weighted by molar-refractivity contribution is -0.116. The molecule has 2 rings (SSSR count). The van der Waals surface area contributed by atoms with Crippen LogP contribution in [0.1, 0.15) is 30.1 Å². The van der Waals surface area contributed by atoms with Crippen LogP contribution >= 0.6 is 23.2 Å². The van der Waals surface area contributed by atoms with Crippen LogP contribution in [0.2, 0.25) is 10.0 Å². The Morgan fingerprint density at radius 2 is 1.78 bits per heavy atom. The number of hydrogen-bond donors (Lipinski definition) is 2. The quantitative estimate of drug-likeness (QED) is 0.377. The van der Waals surface area contributed by atoms with Gasteiger partial charge in [0.15, 0.2) is 17.3 Å². The number of halogens is 2. The second-order valence-corrected chi connectivity index (χ2v) is 6.59. The maximum absolute atomic E-state index is 12.0. The predicted octanol–water partition coefficient (Wildman–Crippen LogP) is 4.58. The van der Waals surface area contributed by atoms with Crippen LogP contribution in [0.5, 0.6) is 11.5 Å². The van der Waals surface area contributed by atoms with E-state index in [0.717, 1.165) is 0 Å². The van der Waals surface area contributed by atoms with Gasteiger partial charge in [-0.1, -0.05) is 23.2 Å². The third kappa shape index (κ3) is 5.77. The van der Waals surface area contributed by atoms with Gasteiger partial charge in [-0.15, -0.1) is 0 Å². The molecule has 2 aromatic carbocycles. The highest BCUT2D eigenvalue weighted by molar-refractivity contribution is 6.39. The van der Waals surface area contributed by atoms with Gasteiger partial charge in [0.2, 0.25) is 5.91 Å². The predicted molar refractivity (Wildman–Crippen MR) is 107 cm³/mol. The van der Waals surface area contributed by atoms with Crippen LogP contribution < -0.4 is 20.5 Å². The molecule has 0 saturated carbocycles. The molecule has 0 unspecified atom stereocenters. The molecule has 0 fully saturated rings. The van der Waals surface area contributed by atoms with Gasteiger partial charge in [-0.3, -0.25) is 9.59 Å². The van der Waals surface area contributed by atoms with Crippen LogP contribution in [-0.4, -0.2) is 25.4 Å². The normalized spacial score (nSPS) is 10.4. The second-order valence-electron chi connectivity index (χ2n) is 5.78. The van der Waals surface area contributed by atoms with E-state index in [1.165, 1.54) is 14.0 Å². The number of methoxy groups -OCH3 is 1. The number of Topliss-reactive ketones (excluding diaryl/α,β-unsaturated/α-hetero) is 1. The van der Waals surface area contributed by atoms with Gasteiger partial charge in [-0.2, -0.15) is 0 Å². The molecular formula is C19H20Cl2N2O4. The highest BCUT2D eigenvalue weighted by atomic mass is 35.5. The van der Waals surface area contributed by atoms with Crippen LogP contribution in [0.15, 0.2) is 30.3 Å². The maximum atomic E-state index is 12.0. The molecule has 0 atom stereocenters. The van der Waals surface area contributed by atoms with Gasteiger partial charge in [0.05, 0.1) is 29.4 Å². The Bertz CT molecular complexity index is 833. The van der Waals surface area contributed by atoms with Gasteiger partial charge in [0, 0.05) is 17.7 Å².